The van der Waals surface area contributed by atoms with Gasteiger partial charge < -0.3 is 24.8 Å². The maximum absolute atomic E-state index is 3.26. The first-order valence-corrected chi connectivity index (χ1v) is 7.31. The molecule has 0 nitrogen and oxygen atoms in total. The molecule has 0 radical (unpaired) electrons. The van der Waals surface area contributed by atoms with E-state index in [0.717, 1.165) is 0 Å². The van der Waals surface area contributed by atoms with E-state index in [1.54, 1.807) is 0 Å². The van der Waals surface area contributed by atoms with Crippen LogP contribution in [0.15, 0.2) is 24.3 Å². The summed E-state index contributed by atoms with van der Waals surface area (Å²) in [6.45, 7) is 13.2. The molecular weight excluding hydrogens is 402 g/mol. The number of hydrogen-bond acceptors (Lipinski definition) is 0. The van der Waals surface area contributed by atoms with Crippen molar-refractivity contribution in [3.8, 4) is 0 Å². The van der Waals surface area contributed by atoms with Gasteiger partial charge in [0.1, 0.15) is 0 Å². The molecule has 0 fully saturated rings. The number of allylic oxidation sites excluding steroid dienone is 1. The SMILES string of the molecule is CC1[C-]=Cc2ccccc21.Cc1c(C)c(C)[c-](C)c1C.[Cl-].[Cl-].[Zr+4]. The molecule has 23 heavy (non-hydrogen) atoms. The predicted octanol–water partition coefficient (Wildman–Crippen LogP) is -0.427. The van der Waals surface area contributed by atoms with Gasteiger partial charge in [-0.15, -0.1) is 11.6 Å². The molecule has 1 atom stereocenters. The summed E-state index contributed by atoms with van der Waals surface area (Å²) in [4.78, 5) is 0. The molecule has 0 heterocycles. The summed E-state index contributed by atoms with van der Waals surface area (Å²) >= 11 is 0. The molecule has 1 unspecified atom stereocenters. The van der Waals surface area contributed by atoms with E-state index < -0.39 is 0 Å². The van der Waals surface area contributed by atoms with E-state index in [0.29, 0.717) is 5.92 Å². The minimum absolute atomic E-state index is 0. The van der Waals surface area contributed by atoms with Crippen LogP contribution in [0.25, 0.3) is 6.08 Å². The Bertz CT molecular complexity index is 574. The van der Waals surface area contributed by atoms with Gasteiger partial charge >= 0.3 is 26.2 Å². The molecule has 0 N–H and O–H groups in total. The Kier molecular flexibility index (Phi) is 11.5. The number of halogens is 2. The molecule has 0 spiro atoms. The Balaban J connectivity index is 0. The summed E-state index contributed by atoms with van der Waals surface area (Å²) in [7, 11) is 0. The zero-order chi connectivity index (χ0) is 14.9. The van der Waals surface area contributed by atoms with Crippen LogP contribution in [0.5, 0.6) is 0 Å². The Morgan fingerprint density at radius 3 is 1.78 bits per heavy atom. The molecule has 0 saturated carbocycles. The summed E-state index contributed by atoms with van der Waals surface area (Å²) in [6.07, 6.45) is 5.33. The molecule has 0 bridgehead atoms. The van der Waals surface area contributed by atoms with Gasteiger partial charge in [-0.25, -0.2) is 6.08 Å². The number of rotatable bonds is 0. The third kappa shape index (κ3) is 5.38. The van der Waals surface area contributed by atoms with Gasteiger partial charge in [0, 0.05) is 0 Å². The van der Waals surface area contributed by atoms with Crippen molar-refractivity contribution in [2.45, 2.75) is 47.5 Å². The van der Waals surface area contributed by atoms with Crippen molar-refractivity contribution < 1.29 is 51.0 Å². The van der Waals surface area contributed by atoms with Crippen molar-refractivity contribution in [1.29, 1.82) is 0 Å². The largest absolute Gasteiger partial charge is 4.00 e. The van der Waals surface area contributed by atoms with Gasteiger partial charge in [-0.1, -0.05) is 65.7 Å². The third-order valence-electron chi connectivity index (χ3n) is 4.76. The van der Waals surface area contributed by atoms with E-state index in [1.807, 2.05) is 0 Å². The van der Waals surface area contributed by atoms with Crippen LogP contribution < -0.4 is 24.8 Å². The molecular formula is C20H24Cl2Zr. The molecule has 3 heteroatoms. The van der Waals surface area contributed by atoms with Crippen molar-refractivity contribution in [2.24, 2.45) is 0 Å². The molecule has 1 aliphatic carbocycles. The first-order valence-electron chi connectivity index (χ1n) is 7.31. The fourth-order valence-electron chi connectivity index (χ4n) is 2.75. The second-order valence-electron chi connectivity index (χ2n) is 5.79. The smallest absolute Gasteiger partial charge is 1.00 e. The summed E-state index contributed by atoms with van der Waals surface area (Å²) < 4.78 is 0. The molecule has 1 aliphatic rings. The third-order valence-corrected chi connectivity index (χ3v) is 4.76. The zero-order valence-electron chi connectivity index (χ0n) is 14.7. The van der Waals surface area contributed by atoms with Crippen LogP contribution in [0.1, 0.15) is 51.8 Å². The first-order chi connectivity index (χ1) is 9.43. The van der Waals surface area contributed by atoms with E-state index >= 15 is 0 Å². The van der Waals surface area contributed by atoms with Gasteiger partial charge in [0.05, 0.1) is 0 Å². The molecule has 3 rings (SSSR count). The Labute approximate surface area is 173 Å². The monoisotopic (exact) mass is 424 g/mol. The van der Waals surface area contributed by atoms with E-state index in [-0.39, 0.29) is 51.0 Å². The summed E-state index contributed by atoms with van der Waals surface area (Å²) in [5, 5.41) is 0. The molecule has 122 valence electrons. The number of hydrogen-bond donors (Lipinski definition) is 0. The molecule has 0 aromatic heterocycles. The molecule has 2 aromatic rings. The number of benzene rings is 1. The molecule has 0 saturated heterocycles. The normalized spacial score (nSPS) is 13.7. The van der Waals surface area contributed by atoms with Crippen molar-refractivity contribution in [2.75, 3.05) is 0 Å². The van der Waals surface area contributed by atoms with Crippen LogP contribution in [0.2, 0.25) is 0 Å². The maximum Gasteiger partial charge on any atom is 4.00 e. The Morgan fingerprint density at radius 1 is 0.913 bits per heavy atom. The number of fused-ring (bicyclic) bond motifs is 1. The Morgan fingerprint density at radius 2 is 1.39 bits per heavy atom. The zero-order valence-corrected chi connectivity index (χ0v) is 18.7. The quantitative estimate of drug-likeness (QED) is 0.502. The topological polar surface area (TPSA) is 0 Å². The van der Waals surface area contributed by atoms with Crippen LogP contribution in [-0.4, -0.2) is 0 Å². The predicted molar refractivity (Wildman–Crippen MR) is 88.3 cm³/mol. The molecule has 0 amide bonds. The fraction of sp³-hybridized carbons (Fsp3) is 0.350. The Hall–Kier alpha value is -0.227. The van der Waals surface area contributed by atoms with Crippen molar-refractivity contribution in [1.82, 2.24) is 0 Å². The van der Waals surface area contributed by atoms with Crippen LogP contribution >= 0.6 is 0 Å². The van der Waals surface area contributed by atoms with Gasteiger partial charge in [-0.05, 0) is 0 Å². The van der Waals surface area contributed by atoms with Gasteiger partial charge in [0.15, 0.2) is 0 Å². The minimum Gasteiger partial charge on any atom is -1.00 e. The van der Waals surface area contributed by atoms with E-state index in [9.17, 15) is 0 Å². The van der Waals surface area contributed by atoms with Crippen LogP contribution in [0, 0.1) is 40.7 Å². The molecule has 0 aliphatic heterocycles. The average molecular weight is 427 g/mol. The van der Waals surface area contributed by atoms with E-state index in [4.69, 9.17) is 0 Å². The van der Waals surface area contributed by atoms with Crippen LogP contribution in [0.4, 0.5) is 0 Å². The summed E-state index contributed by atoms with van der Waals surface area (Å²) in [5.74, 6) is 0.496. The van der Waals surface area contributed by atoms with Gasteiger partial charge in [0.25, 0.3) is 0 Å². The fourth-order valence-corrected chi connectivity index (χ4v) is 2.75. The second-order valence-corrected chi connectivity index (χ2v) is 5.79. The second kappa shape index (κ2) is 10.6. The van der Waals surface area contributed by atoms with Crippen molar-refractivity contribution in [3.63, 3.8) is 0 Å². The van der Waals surface area contributed by atoms with Gasteiger partial charge in [-0.3, -0.25) is 6.08 Å². The van der Waals surface area contributed by atoms with Crippen molar-refractivity contribution in [3.05, 3.63) is 69.3 Å². The van der Waals surface area contributed by atoms with Gasteiger partial charge in [0.2, 0.25) is 0 Å². The van der Waals surface area contributed by atoms with Crippen LogP contribution in [0.3, 0.4) is 0 Å². The minimum atomic E-state index is 0. The summed E-state index contributed by atoms with van der Waals surface area (Å²) in [6, 6.07) is 8.44. The average Bonchev–Trinajstić information content (AvgIpc) is 2.92. The summed E-state index contributed by atoms with van der Waals surface area (Å²) in [5.41, 5.74) is 10.1. The van der Waals surface area contributed by atoms with Gasteiger partial charge in [-0.2, -0.15) is 33.4 Å². The van der Waals surface area contributed by atoms with E-state index in [1.165, 1.54) is 38.9 Å². The first kappa shape index (κ1) is 25.0. The van der Waals surface area contributed by atoms with Crippen molar-refractivity contribution >= 4 is 6.08 Å². The standard InChI is InChI=1S/C10H9.C10H15.2ClH.Zr/c1-8-6-7-9-4-2-3-5-10(8)9;1-6-7(2)9(4)10(5)8(6)3;;;/h2-5,7-8H,1H3;1-5H3;2*1H;/q2*-1;;;+4/p-2. The maximum atomic E-state index is 3.26. The van der Waals surface area contributed by atoms with E-state index in [2.05, 4.69) is 78.0 Å². The van der Waals surface area contributed by atoms with Crippen LogP contribution in [-0.2, 0) is 26.2 Å². The molecule has 2 aromatic carbocycles.